The van der Waals surface area contributed by atoms with Gasteiger partial charge in [-0.25, -0.2) is 0 Å². The molecule has 1 atom stereocenters. The molecule has 1 aliphatic rings. The lowest BCUT2D eigenvalue weighted by molar-refractivity contribution is 1.09. The predicted molar refractivity (Wildman–Crippen MR) is 44.4 cm³/mol. The smallest absolute Gasteiger partial charge is 0.0856 e. The molecule has 0 saturated heterocycles. The van der Waals surface area contributed by atoms with Crippen molar-refractivity contribution >= 4 is 28.4 Å². The summed E-state index contributed by atoms with van der Waals surface area (Å²) in [5, 5.41) is 1.14. The Labute approximate surface area is 64.9 Å². The van der Waals surface area contributed by atoms with Gasteiger partial charge in [-0.3, -0.25) is 4.99 Å². The summed E-state index contributed by atoms with van der Waals surface area (Å²) in [5.74, 6) is 1.10. The molecule has 1 radical (unpaired) electrons. The van der Waals surface area contributed by atoms with Gasteiger partial charge in [0.2, 0.25) is 0 Å². The molecule has 0 N–H and O–H groups in total. The lowest BCUT2D eigenvalue weighted by Crippen LogP contribution is -2.06. The van der Waals surface area contributed by atoms with Crippen molar-refractivity contribution in [2.45, 2.75) is 11.8 Å². The Hall–Kier alpha value is 0.310. The van der Waals surface area contributed by atoms with Gasteiger partial charge in [0.25, 0.3) is 0 Å². The number of thioether (sulfide) groups is 1. The van der Waals surface area contributed by atoms with E-state index in [4.69, 9.17) is 11.6 Å². The van der Waals surface area contributed by atoms with E-state index in [1.165, 1.54) is 0 Å². The van der Waals surface area contributed by atoms with Crippen LogP contribution < -0.4 is 0 Å². The van der Waals surface area contributed by atoms with Crippen molar-refractivity contribution in [3.05, 3.63) is 6.92 Å². The minimum atomic E-state index is 0.0671. The van der Waals surface area contributed by atoms with E-state index in [2.05, 4.69) is 11.9 Å². The number of rotatable bonds is 2. The molecule has 0 aromatic heterocycles. The summed E-state index contributed by atoms with van der Waals surface area (Å²) in [6, 6.07) is 0. The van der Waals surface area contributed by atoms with Crippen molar-refractivity contribution in [2.75, 3.05) is 12.3 Å². The lowest BCUT2D eigenvalue weighted by atomic mass is 10.3. The maximum absolute atomic E-state index is 5.86. The van der Waals surface area contributed by atoms with Gasteiger partial charge in [-0.05, 0) is 6.42 Å². The first kappa shape index (κ1) is 7.42. The monoisotopic (exact) mass is 162 g/mol. The molecule has 1 unspecified atom stereocenters. The zero-order chi connectivity index (χ0) is 6.69. The summed E-state index contributed by atoms with van der Waals surface area (Å²) >= 11 is 7.61. The molecule has 0 amide bonds. The van der Waals surface area contributed by atoms with Gasteiger partial charge in [-0.1, -0.05) is 6.92 Å². The number of hydrogen-bond acceptors (Lipinski definition) is 2. The Bertz CT molecular complexity index is 124. The fourth-order valence-corrected chi connectivity index (χ4v) is 1.80. The van der Waals surface area contributed by atoms with E-state index in [0.29, 0.717) is 0 Å². The zero-order valence-electron chi connectivity index (χ0n) is 5.14. The summed E-state index contributed by atoms with van der Waals surface area (Å²) in [6.07, 6.45) is 0.743. The highest BCUT2D eigenvalue weighted by Gasteiger charge is 2.14. The van der Waals surface area contributed by atoms with Gasteiger partial charge < -0.3 is 0 Å². The molecular formula is C6H9ClNS. The van der Waals surface area contributed by atoms with Gasteiger partial charge in [0.05, 0.1) is 10.4 Å². The van der Waals surface area contributed by atoms with E-state index < -0.39 is 0 Å². The highest BCUT2D eigenvalue weighted by Crippen LogP contribution is 2.19. The number of alkyl halides is 1. The van der Waals surface area contributed by atoms with Crippen LogP contribution in [-0.2, 0) is 0 Å². The van der Waals surface area contributed by atoms with Crippen LogP contribution in [0.5, 0.6) is 0 Å². The highest BCUT2D eigenvalue weighted by molar-refractivity contribution is 8.14. The van der Waals surface area contributed by atoms with E-state index in [-0.39, 0.29) is 5.38 Å². The van der Waals surface area contributed by atoms with Crippen LogP contribution in [0.25, 0.3) is 0 Å². The lowest BCUT2D eigenvalue weighted by Gasteiger charge is -2.02. The minimum Gasteiger partial charge on any atom is -0.280 e. The third kappa shape index (κ3) is 1.87. The summed E-state index contributed by atoms with van der Waals surface area (Å²) in [4.78, 5) is 4.21. The number of halogens is 1. The Morgan fingerprint density at radius 1 is 1.89 bits per heavy atom. The molecule has 3 heteroatoms. The van der Waals surface area contributed by atoms with Gasteiger partial charge in [-0.2, -0.15) is 0 Å². The summed E-state index contributed by atoms with van der Waals surface area (Å²) in [6.45, 7) is 4.64. The number of aliphatic imine (C=N–C) groups is 1. The maximum Gasteiger partial charge on any atom is 0.0856 e. The van der Waals surface area contributed by atoms with Crippen LogP contribution in [0.4, 0.5) is 0 Å². The molecule has 0 bridgehead atoms. The SMILES string of the molecule is [CH2]CC(Cl)C1=NCCS1. The van der Waals surface area contributed by atoms with Crippen LogP contribution >= 0.6 is 23.4 Å². The van der Waals surface area contributed by atoms with Crippen LogP contribution in [0.1, 0.15) is 6.42 Å². The van der Waals surface area contributed by atoms with Crippen molar-refractivity contribution in [1.82, 2.24) is 0 Å². The average Bonchev–Trinajstić information content (AvgIpc) is 2.37. The van der Waals surface area contributed by atoms with Gasteiger partial charge >= 0.3 is 0 Å². The van der Waals surface area contributed by atoms with Crippen LogP contribution in [0.2, 0.25) is 0 Å². The van der Waals surface area contributed by atoms with Crippen molar-refractivity contribution in [1.29, 1.82) is 0 Å². The Morgan fingerprint density at radius 3 is 3.11 bits per heavy atom. The standard InChI is InChI=1S/C6H9ClNS/c1-2-5(7)6-8-3-4-9-6/h5H,1-4H2. The second-order valence-corrected chi connectivity index (χ2v) is 3.47. The molecule has 0 aromatic rings. The van der Waals surface area contributed by atoms with E-state index in [1.54, 1.807) is 11.8 Å². The van der Waals surface area contributed by atoms with Gasteiger partial charge in [0.15, 0.2) is 0 Å². The molecule has 51 valence electrons. The molecule has 0 fully saturated rings. The largest absolute Gasteiger partial charge is 0.280 e. The molecule has 1 rings (SSSR count). The number of hydrogen-bond donors (Lipinski definition) is 0. The van der Waals surface area contributed by atoms with Gasteiger partial charge in [0, 0.05) is 12.3 Å². The summed E-state index contributed by atoms with van der Waals surface area (Å²) in [5.41, 5.74) is 0. The van der Waals surface area contributed by atoms with E-state index in [9.17, 15) is 0 Å². The molecule has 0 saturated carbocycles. The minimum absolute atomic E-state index is 0.0671. The van der Waals surface area contributed by atoms with Crippen LogP contribution in [0.3, 0.4) is 0 Å². The summed E-state index contributed by atoms with van der Waals surface area (Å²) in [7, 11) is 0. The molecule has 1 nitrogen and oxygen atoms in total. The van der Waals surface area contributed by atoms with Crippen LogP contribution in [-0.4, -0.2) is 22.7 Å². The predicted octanol–water partition coefficient (Wildman–Crippen LogP) is 1.96. The fraction of sp³-hybridized carbons (Fsp3) is 0.667. The molecular weight excluding hydrogens is 154 g/mol. The Balaban J connectivity index is 2.40. The van der Waals surface area contributed by atoms with Crippen LogP contribution in [0.15, 0.2) is 4.99 Å². The molecule has 1 aliphatic heterocycles. The second kappa shape index (κ2) is 3.47. The topological polar surface area (TPSA) is 12.4 Å². The van der Waals surface area contributed by atoms with Crippen LogP contribution in [0, 0.1) is 6.92 Å². The van der Waals surface area contributed by atoms with Crippen molar-refractivity contribution in [2.24, 2.45) is 4.99 Å². The third-order valence-corrected chi connectivity index (χ3v) is 2.78. The third-order valence-electron chi connectivity index (χ3n) is 1.13. The second-order valence-electron chi connectivity index (χ2n) is 1.82. The molecule has 9 heavy (non-hydrogen) atoms. The Morgan fingerprint density at radius 2 is 2.67 bits per heavy atom. The molecule has 0 spiro atoms. The van der Waals surface area contributed by atoms with E-state index >= 15 is 0 Å². The van der Waals surface area contributed by atoms with Crippen molar-refractivity contribution in [3.63, 3.8) is 0 Å². The number of nitrogens with zero attached hydrogens (tertiary/aromatic N) is 1. The van der Waals surface area contributed by atoms with E-state index in [1.807, 2.05) is 0 Å². The van der Waals surface area contributed by atoms with Crippen molar-refractivity contribution < 1.29 is 0 Å². The van der Waals surface area contributed by atoms with Crippen molar-refractivity contribution in [3.8, 4) is 0 Å². The fourth-order valence-electron chi connectivity index (χ4n) is 0.665. The van der Waals surface area contributed by atoms with E-state index in [0.717, 1.165) is 23.8 Å². The highest BCUT2D eigenvalue weighted by atomic mass is 35.5. The Kier molecular flexibility index (Phi) is 2.86. The maximum atomic E-state index is 5.86. The van der Waals surface area contributed by atoms with Gasteiger partial charge in [0.1, 0.15) is 0 Å². The average molecular weight is 163 g/mol. The quantitative estimate of drug-likeness (QED) is 0.566. The zero-order valence-corrected chi connectivity index (χ0v) is 6.71. The normalized spacial score (nSPS) is 21.8. The first-order chi connectivity index (χ1) is 4.34. The first-order valence-electron chi connectivity index (χ1n) is 2.95. The van der Waals surface area contributed by atoms with Gasteiger partial charge in [-0.15, -0.1) is 23.4 Å². The molecule has 0 aromatic carbocycles. The molecule has 0 aliphatic carbocycles. The first-order valence-corrected chi connectivity index (χ1v) is 4.37. The molecule has 1 heterocycles. The summed E-state index contributed by atoms with van der Waals surface area (Å²) < 4.78 is 0.